The fraction of sp³-hybridized carbons (Fsp3) is 0. The van der Waals surface area contributed by atoms with E-state index in [2.05, 4.69) is 4.74 Å². The second kappa shape index (κ2) is 3.99. The summed E-state index contributed by atoms with van der Waals surface area (Å²) in [6, 6.07) is 3.01. The maximum atomic E-state index is 10.0. The Morgan fingerprint density at radius 2 is 1.75 bits per heavy atom. The SMILES string of the molecule is O=COc1c(Cl)ccc(Cl)c1Cl. The molecule has 0 N–H and O–H groups in total. The minimum atomic E-state index is 0.0841. The molecule has 64 valence electrons. The van der Waals surface area contributed by atoms with Crippen molar-refractivity contribution in [2.24, 2.45) is 0 Å². The van der Waals surface area contributed by atoms with Crippen LogP contribution in [0.4, 0.5) is 0 Å². The maximum Gasteiger partial charge on any atom is 0.298 e. The number of rotatable bonds is 2. The molecule has 0 aliphatic rings. The first-order valence-corrected chi connectivity index (χ1v) is 4.04. The van der Waals surface area contributed by atoms with Crippen molar-refractivity contribution in [3.8, 4) is 5.75 Å². The first-order chi connectivity index (χ1) is 5.66. The minimum absolute atomic E-state index is 0.0841. The lowest BCUT2D eigenvalue weighted by molar-refractivity contribution is -0.120. The quantitative estimate of drug-likeness (QED) is 0.571. The van der Waals surface area contributed by atoms with Crippen LogP contribution in [0.1, 0.15) is 0 Å². The van der Waals surface area contributed by atoms with E-state index in [4.69, 9.17) is 34.8 Å². The van der Waals surface area contributed by atoms with Crippen molar-refractivity contribution in [2.75, 3.05) is 0 Å². The van der Waals surface area contributed by atoms with Gasteiger partial charge in [-0.1, -0.05) is 34.8 Å². The van der Waals surface area contributed by atoms with E-state index in [9.17, 15) is 4.79 Å². The zero-order valence-electron chi connectivity index (χ0n) is 5.68. The summed E-state index contributed by atoms with van der Waals surface area (Å²) in [5.41, 5.74) is 0. The molecule has 0 aliphatic heterocycles. The standard InChI is InChI=1S/C7H3Cl3O2/c8-4-1-2-5(9)7(6(4)10)12-3-11/h1-3H. The van der Waals surface area contributed by atoms with Crippen LogP contribution < -0.4 is 4.74 Å². The number of carbonyl (C=O) groups is 1. The summed E-state index contributed by atoms with van der Waals surface area (Å²) in [7, 11) is 0. The molecule has 1 rings (SSSR count). The molecule has 0 aliphatic carbocycles. The van der Waals surface area contributed by atoms with Gasteiger partial charge in [-0.15, -0.1) is 0 Å². The molecule has 0 saturated heterocycles. The van der Waals surface area contributed by atoms with Gasteiger partial charge < -0.3 is 4.74 Å². The Kier molecular flexibility index (Phi) is 3.20. The molecule has 0 aromatic heterocycles. The highest BCUT2D eigenvalue weighted by atomic mass is 35.5. The highest BCUT2D eigenvalue weighted by Crippen LogP contribution is 2.37. The van der Waals surface area contributed by atoms with Gasteiger partial charge in [-0.25, -0.2) is 0 Å². The molecule has 0 radical (unpaired) electrons. The minimum Gasteiger partial charge on any atom is -0.425 e. The molecule has 0 atom stereocenters. The number of hydrogen-bond donors (Lipinski definition) is 0. The number of ether oxygens (including phenoxy) is 1. The summed E-state index contributed by atoms with van der Waals surface area (Å²) < 4.78 is 4.52. The van der Waals surface area contributed by atoms with Crippen LogP contribution in [0.2, 0.25) is 15.1 Å². The normalized spacial score (nSPS) is 9.58. The van der Waals surface area contributed by atoms with E-state index in [0.29, 0.717) is 0 Å². The van der Waals surface area contributed by atoms with Crippen molar-refractivity contribution in [3.05, 3.63) is 27.2 Å². The van der Waals surface area contributed by atoms with Crippen LogP contribution in [0, 0.1) is 0 Å². The first kappa shape index (κ1) is 9.65. The van der Waals surface area contributed by atoms with Crippen LogP contribution in [-0.4, -0.2) is 6.47 Å². The second-order valence-electron chi connectivity index (χ2n) is 1.89. The predicted molar refractivity (Wildman–Crippen MR) is 48.2 cm³/mol. The topological polar surface area (TPSA) is 26.3 Å². The Bertz CT molecular complexity index is 312. The molecule has 0 amide bonds. The van der Waals surface area contributed by atoms with Gasteiger partial charge in [0, 0.05) is 0 Å². The van der Waals surface area contributed by atoms with Gasteiger partial charge in [0.1, 0.15) is 5.02 Å². The summed E-state index contributed by atoms with van der Waals surface area (Å²) in [4.78, 5) is 10.0. The molecule has 0 spiro atoms. The lowest BCUT2D eigenvalue weighted by atomic mass is 10.3. The molecule has 0 heterocycles. The van der Waals surface area contributed by atoms with E-state index in [1.165, 1.54) is 12.1 Å². The van der Waals surface area contributed by atoms with Crippen LogP contribution in [0.3, 0.4) is 0 Å². The third-order valence-electron chi connectivity index (χ3n) is 1.17. The summed E-state index contributed by atoms with van der Waals surface area (Å²) in [6.07, 6.45) is 0. The predicted octanol–water partition coefficient (Wildman–Crippen LogP) is 3.18. The van der Waals surface area contributed by atoms with Crippen LogP contribution in [0.25, 0.3) is 0 Å². The lowest BCUT2D eigenvalue weighted by Crippen LogP contribution is -1.90. The van der Waals surface area contributed by atoms with Crippen molar-refractivity contribution in [3.63, 3.8) is 0 Å². The van der Waals surface area contributed by atoms with E-state index in [0.717, 1.165) is 0 Å². The summed E-state index contributed by atoms with van der Waals surface area (Å²) in [5, 5.41) is 0.672. The Morgan fingerprint density at radius 3 is 2.33 bits per heavy atom. The second-order valence-corrected chi connectivity index (χ2v) is 3.08. The Labute approximate surface area is 84.0 Å². The van der Waals surface area contributed by atoms with Gasteiger partial charge >= 0.3 is 0 Å². The summed E-state index contributed by atoms with van der Waals surface area (Å²) in [5.74, 6) is 0.0841. The van der Waals surface area contributed by atoms with Gasteiger partial charge in [-0.2, -0.15) is 0 Å². The molecule has 5 heteroatoms. The van der Waals surface area contributed by atoms with E-state index >= 15 is 0 Å². The van der Waals surface area contributed by atoms with Gasteiger partial charge in [0.05, 0.1) is 10.0 Å². The monoisotopic (exact) mass is 224 g/mol. The fourth-order valence-electron chi connectivity index (χ4n) is 0.665. The van der Waals surface area contributed by atoms with Crippen LogP contribution in [0.5, 0.6) is 5.75 Å². The maximum absolute atomic E-state index is 10.0. The largest absolute Gasteiger partial charge is 0.425 e. The van der Waals surface area contributed by atoms with Crippen molar-refractivity contribution in [1.29, 1.82) is 0 Å². The van der Waals surface area contributed by atoms with E-state index in [-0.39, 0.29) is 27.3 Å². The van der Waals surface area contributed by atoms with Gasteiger partial charge in [0.15, 0.2) is 5.75 Å². The molecule has 0 fully saturated rings. The fourth-order valence-corrected chi connectivity index (χ4v) is 1.27. The molecular weight excluding hydrogens is 222 g/mol. The van der Waals surface area contributed by atoms with Gasteiger partial charge in [-0.3, -0.25) is 4.79 Å². The van der Waals surface area contributed by atoms with Crippen LogP contribution in [-0.2, 0) is 4.79 Å². The molecule has 2 nitrogen and oxygen atoms in total. The zero-order chi connectivity index (χ0) is 9.14. The van der Waals surface area contributed by atoms with Gasteiger partial charge in [0.25, 0.3) is 6.47 Å². The summed E-state index contributed by atoms with van der Waals surface area (Å²) in [6.45, 7) is 0.240. The smallest absolute Gasteiger partial charge is 0.298 e. The average molecular weight is 225 g/mol. The number of carbonyl (C=O) groups excluding carboxylic acids is 1. The molecule has 12 heavy (non-hydrogen) atoms. The van der Waals surface area contributed by atoms with E-state index in [1.54, 1.807) is 0 Å². The summed E-state index contributed by atoms with van der Waals surface area (Å²) >= 11 is 17.0. The lowest BCUT2D eigenvalue weighted by Gasteiger charge is -2.04. The Morgan fingerprint density at radius 1 is 1.17 bits per heavy atom. The Hall–Kier alpha value is -0.440. The molecule has 0 bridgehead atoms. The van der Waals surface area contributed by atoms with Gasteiger partial charge in [0.2, 0.25) is 0 Å². The van der Waals surface area contributed by atoms with Crippen LogP contribution >= 0.6 is 34.8 Å². The van der Waals surface area contributed by atoms with Crippen molar-refractivity contribution in [1.82, 2.24) is 0 Å². The molecular formula is C7H3Cl3O2. The molecule has 0 unspecified atom stereocenters. The molecule has 0 saturated carbocycles. The number of hydrogen-bond acceptors (Lipinski definition) is 2. The average Bonchev–Trinajstić information content (AvgIpc) is 2.06. The van der Waals surface area contributed by atoms with Crippen molar-refractivity contribution < 1.29 is 9.53 Å². The highest BCUT2D eigenvalue weighted by molar-refractivity contribution is 6.44. The molecule has 1 aromatic rings. The van der Waals surface area contributed by atoms with E-state index in [1.807, 2.05) is 0 Å². The van der Waals surface area contributed by atoms with Crippen molar-refractivity contribution >= 4 is 41.3 Å². The molecule has 1 aromatic carbocycles. The third kappa shape index (κ3) is 1.83. The highest BCUT2D eigenvalue weighted by Gasteiger charge is 2.10. The zero-order valence-corrected chi connectivity index (χ0v) is 7.95. The van der Waals surface area contributed by atoms with E-state index < -0.39 is 0 Å². The Balaban J connectivity index is 3.22. The third-order valence-corrected chi connectivity index (χ3v) is 2.25. The van der Waals surface area contributed by atoms with Crippen LogP contribution in [0.15, 0.2) is 12.1 Å². The number of benzene rings is 1. The van der Waals surface area contributed by atoms with Gasteiger partial charge in [-0.05, 0) is 12.1 Å². The van der Waals surface area contributed by atoms with Crippen molar-refractivity contribution in [2.45, 2.75) is 0 Å². The number of halogens is 3. The first-order valence-electron chi connectivity index (χ1n) is 2.90.